The SMILES string of the molecule is CCCCCCCc1nnc(CCc2ccc(C(C)CCC)cc2C2CCCCC2)s1. The minimum absolute atomic E-state index is 0.671. The highest BCUT2D eigenvalue weighted by atomic mass is 32.1. The number of nitrogens with zero attached hydrogens (tertiary/aromatic N) is 2. The summed E-state index contributed by atoms with van der Waals surface area (Å²) in [6, 6.07) is 7.43. The molecule has 2 nitrogen and oxygen atoms in total. The van der Waals surface area contributed by atoms with Gasteiger partial charge in [-0.05, 0) is 60.6 Å². The molecule has 0 radical (unpaired) electrons. The third kappa shape index (κ3) is 7.70. The van der Waals surface area contributed by atoms with Crippen LogP contribution in [-0.4, -0.2) is 10.2 Å². The molecular formula is C28H44N2S. The first-order chi connectivity index (χ1) is 15.2. The maximum Gasteiger partial charge on any atom is 0.117 e. The first-order valence-corrected chi connectivity index (χ1v) is 14.0. The Kier molecular flexibility index (Phi) is 10.5. The standard InChI is InChI=1S/C28H44N2S/c1-4-6-7-8-12-16-27-29-30-28(31-27)20-19-24-17-18-25(22(3)13-5-2)21-26(24)23-14-10-9-11-15-23/h17-18,21-23H,4-16,19-20H2,1-3H3. The number of aromatic nitrogens is 2. The Bertz CT molecular complexity index is 760. The van der Waals surface area contributed by atoms with Gasteiger partial charge in [0.15, 0.2) is 0 Å². The van der Waals surface area contributed by atoms with E-state index in [4.69, 9.17) is 0 Å². The second-order valence-corrected chi connectivity index (χ2v) is 10.9. The molecular weight excluding hydrogens is 396 g/mol. The average molecular weight is 441 g/mol. The van der Waals surface area contributed by atoms with Crippen LogP contribution in [0.25, 0.3) is 0 Å². The second-order valence-electron chi connectivity index (χ2n) is 9.74. The van der Waals surface area contributed by atoms with Crippen LogP contribution in [-0.2, 0) is 19.3 Å². The van der Waals surface area contributed by atoms with E-state index in [1.807, 2.05) is 11.3 Å². The molecule has 0 N–H and O–H groups in total. The highest BCUT2D eigenvalue weighted by Crippen LogP contribution is 2.37. The number of hydrogen-bond donors (Lipinski definition) is 0. The third-order valence-electron chi connectivity index (χ3n) is 7.12. The van der Waals surface area contributed by atoms with Gasteiger partial charge < -0.3 is 0 Å². The van der Waals surface area contributed by atoms with Crippen molar-refractivity contribution < 1.29 is 0 Å². The summed E-state index contributed by atoms with van der Waals surface area (Å²) in [5.41, 5.74) is 4.77. The van der Waals surface area contributed by atoms with E-state index in [2.05, 4.69) is 49.2 Å². The second kappa shape index (κ2) is 13.4. The molecule has 0 spiro atoms. The van der Waals surface area contributed by atoms with Gasteiger partial charge in [0.1, 0.15) is 10.0 Å². The van der Waals surface area contributed by atoms with Crippen LogP contribution in [0.3, 0.4) is 0 Å². The van der Waals surface area contributed by atoms with Gasteiger partial charge >= 0.3 is 0 Å². The van der Waals surface area contributed by atoms with E-state index in [0.717, 1.165) is 25.2 Å². The predicted molar refractivity (Wildman–Crippen MR) is 135 cm³/mol. The lowest BCUT2D eigenvalue weighted by Crippen LogP contribution is -2.09. The number of rotatable bonds is 13. The number of aryl methyl sites for hydroxylation is 3. The monoisotopic (exact) mass is 440 g/mol. The minimum Gasteiger partial charge on any atom is -0.144 e. The molecule has 0 bridgehead atoms. The lowest BCUT2D eigenvalue weighted by Gasteiger charge is -2.26. The summed E-state index contributed by atoms with van der Waals surface area (Å²) in [6.07, 6.45) is 19.4. The molecule has 172 valence electrons. The van der Waals surface area contributed by atoms with Gasteiger partial charge in [-0.3, -0.25) is 0 Å². The van der Waals surface area contributed by atoms with E-state index >= 15 is 0 Å². The van der Waals surface area contributed by atoms with Crippen LogP contribution in [0.2, 0.25) is 0 Å². The van der Waals surface area contributed by atoms with Crippen molar-refractivity contribution in [3.8, 4) is 0 Å². The Morgan fingerprint density at radius 1 is 0.871 bits per heavy atom. The van der Waals surface area contributed by atoms with Gasteiger partial charge in [0.25, 0.3) is 0 Å². The molecule has 0 aliphatic heterocycles. The summed E-state index contributed by atoms with van der Waals surface area (Å²) in [6.45, 7) is 6.97. The van der Waals surface area contributed by atoms with Crippen LogP contribution in [0, 0.1) is 0 Å². The van der Waals surface area contributed by atoms with E-state index in [0.29, 0.717) is 5.92 Å². The summed E-state index contributed by atoms with van der Waals surface area (Å²) in [4.78, 5) is 0. The lowest BCUT2D eigenvalue weighted by molar-refractivity contribution is 0.441. The van der Waals surface area contributed by atoms with Crippen molar-refractivity contribution >= 4 is 11.3 Å². The quantitative estimate of drug-likeness (QED) is 0.291. The van der Waals surface area contributed by atoms with Gasteiger partial charge in [-0.25, -0.2) is 0 Å². The molecule has 1 aliphatic carbocycles. The molecule has 1 atom stereocenters. The van der Waals surface area contributed by atoms with Crippen molar-refractivity contribution in [2.24, 2.45) is 0 Å². The summed E-state index contributed by atoms with van der Waals surface area (Å²) in [7, 11) is 0. The highest BCUT2D eigenvalue weighted by Gasteiger charge is 2.20. The van der Waals surface area contributed by atoms with Gasteiger partial charge in [0, 0.05) is 12.8 Å². The van der Waals surface area contributed by atoms with Crippen LogP contribution in [0.1, 0.15) is 136 Å². The normalized spacial score (nSPS) is 16.0. The molecule has 1 aromatic heterocycles. The molecule has 1 aliphatic rings. The summed E-state index contributed by atoms with van der Waals surface area (Å²) in [5, 5.41) is 11.5. The van der Waals surface area contributed by atoms with E-state index in [9.17, 15) is 0 Å². The van der Waals surface area contributed by atoms with Crippen LogP contribution in [0.5, 0.6) is 0 Å². The fourth-order valence-corrected chi connectivity index (χ4v) is 6.04. The maximum atomic E-state index is 4.53. The Morgan fingerprint density at radius 2 is 1.61 bits per heavy atom. The molecule has 1 fully saturated rings. The van der Waals surface area contributed by atoms with E-state index in [1.165, 1.54) is 87.1 Å². The molecule has 1 saturated carbocycles. The molecule has 31 heavy (non-hydrogen) atoms. The van der Waals surface area contributed by atoms with Crippen molar-refractivity contribution in [3.63, 3.8) is 0 Å². The minimum atomic E-state index is 0.671. The molecule has 1 heterocycles. The van der Waals surface area contributed by atoms with Crippen LogP contribution >= 0.6 is 11.3 Å². The average Bonchev–Trinajstić information content (AvgIpc) is 3.26. The number of hydrogen-bond acceptors (Lipinski definition) is 3. The first kappa shape index (κ1) is 24.4. The molecule has 2 aromatic rings. The Balaban J connectivity index is 1.62. The zero-order chi connectivity index (χ0) is 21.9. The fraction of sp³-hybridized carbons (Fsp3) is 0.714. The Labute approximate surface area is 195 Å². The van der Waals surface area contributed by atoms with Gasteiger partial charge in [-0.15, -0.1) is 21.5 Å². The highest BCUT2D eigenvalue weighted by molar-refractivity contribution is 7.11. The molecule has 1 unspecified atom stereocenters. The molecule has 0 amide bonds. The molecule has 3 heteroatoms. The van der Waals surface area contributed by atoms with Crippen LogP contribution < -0.4 is 0 Å². The smallest absolute Gasteiger partial charge is 0.117 e. The Morgan fingerprint density at radius 3 is 2.35 bits per heavy atom. The van der Waals surface area contributed by atoms with Gasteiger partial charge in [-0.1, -0.05) is 90.3 Å². The summed E-state index contributed by atoms with van der Waals surface area (Å²) in [5.74, 6) is 1.44. The van der Waals surface area contributed by atoms with E-state index < -0.39 is 0 Å². The lowest BCUT2D eigenvalue weighted by atomic mass is 9.79. The summed E-state index contributed by atoms with van der Waals surface area (Å²) < 4.78 is 0. The van der Waals surface area contributed by atoms with Crippen molar-refractivity contribution in [3.05, 3.63) is 44.9 Å². The summed E-state index contributed by atoms with van der Waals surface area (Å²) >= 11 is 1.85. The topological polar surface area (TPSA) is 25.8 Å². The largest absolute Gasteiger partial charge is 0.144 e. The number of benzene rings is 1. The van der Waals surface area contributed by atoms with Crippen molar-refractivity contribution in [1.29, 1.82) is 0 Å². The molecule has 0 saturated heterocycles. The van der Waals surface area contributed by atoms with Crippen LogP contribution in [0.15, 0.2) is 18.2 Å². The van der Waals surface area contributed by atoms with E-state index in [-0.39, 0.29) is 0 Å². The van der Waals surface area contributed by atoms with Crippen molar-refractivity contribution in [1.82, 2.24) is 10.2 Å². The molecule has 1 aromatic carbocycles. The first-order valence-electron chi connectivity index (χ1n) is 13.1. The Hall–Kier alpha value is -1.22. The predicted octanol–water partition coefficient (Wildman–Crippen LogP) is 8.79. The van der Waals surface area contributed by atoms with Crippen LogP contribution in [0.4, 0.5) is 0 Å². The van der Waals surface area contributed by atoms with E-state index in [1.54, 1.807) is 16.7 Å². The zero-order valence-corrected chi connectivity index (χ0v) is 21.1. The maximum absolute atomic E-state index is 4.53. The zero-order valence-electron chi connectivity index (χ0n) is 20.3. The third-order valence-corrected chi connectivity index (χ3v) is 8.16. The fourth-order valence-electron chi connectivity index (χ4n) is 5.15. The molecule has 3 rings (SSSR count). The van der Waals surface area contributed by atoms with Crippen molar-refractivity contribution in [2.45, 2.75) is 129 Å². The van der Waals surface area contributed by atoms with Crippen molar-refractivity contribution in [2.75, 3.05) is 0 Å². The van der Waals surface area contributed by atoms with Gasteiger partial charge in [-0.2, -0.15) is 0 Å². The van der Waals surface area contributed by atoms with Gasteiger partial charge in [0.05, 0.1) is 0 Å². The number of unbranched alkanes of at least 4 members (excludes halogenated alkanes) is 4. The van der Waals surface area contributed by atoms with Gasteiger partial charge in [0.2, 0.25) is 0 Å².